The van der Waals surface area contributed by atoms with Gasteiger partial charge in [-0.3, -0.25) is 14.4 Å². The van der Waals surface area contributed by atoms with Crippen LogP contribution in [0, 0.1) is 10.2 Å². The summed E-state index contributed by atoms with van der Waals surface area (Å²) in [6.07, 6.45) is 1.84. The maximum absolute atomic E-state index is 11.8. The van der Waals surface area contributed by atoms with Crippen molar-refractivity contribution in [3.8, 4) is 0 Å². The van der Waals surface area contributed by atoms with Crippen LogP contribution in [0.15, 0.2) is 12.3 Å². The van der Waals surface area contributed by atoms with E-state index in [1.54, 1.807) is 0 Å². The van der Waals surface area contributed by atoms with Crippen LogP contribution in [0.4, 0.5) is 0 Å². The van der Waals surface area contributed by atoms with E-state index >= 15 is 0 Å². The van der Waals surface area contributed by atoms with Gasteiger partial charge in [-0.1, -0.05) is 0 Å². The van der Waals surface area contributed by atoms with E-state index in [1.807, 2.05) is 10.9 Å². The van der Waals surface area contributed by atoms with Gasteiger partial charge in [-0.2, -0.15) is 5.10 Å². The van der Waals surface area contributed by atoms with E-state index < -0.39 is 9.73 Å². The molecule has 0 atom stereocenters. The molecule has 2 aliphatic heterocycles. The topological polar surface area (TPSA) is 62.0 Å². The van der Waals surface area contributed by atoms with E-state index in [0.29, 0.717) is 17.5 Å². The summed E-state index contributed by atoms with van der Waals surface area (Å²) in [5, 5.41) is 4.37. The third-order valence-corrected chi connectivity index (χ3v) is 6.16. The van der Waals surface area contributed by atoms with E-state index in [0.717, 1.165) is 19.6 Å². The molecule has 3 heterocycles. The smallest absolute Gasteiger partial charge is 0.0524 e. The van der Waals surface area contributed by atoms with Crippen molar-refractivity contribution in [1.29, 1.82) is 4.78 Å². The van der Waals surface area contributed by atoms with Gasteiger partial charge >= 0.3 is 0 Å². The van der Waals surface area contributed by atoms with Crippen molar-refractivity contribution in [3.05, 3.63) is 18.0 Å². The van der Waals surface area contributed by atoms with Crippen molar-refractivity contribution in [2.75, 3.05) is 18.1 Å². The molecule has 0 aromatic carbocycles. The number of nitrogens with zero attached hydrogens (tertiary/aromatic N) is 3. The summed E-state index contributed by atoms with van der Waals surface area (Å²) in [6, 6.07) is 2.52. The lowest BCUT2D eigenvalue weighted by Crippen LogP contribution is -2.56. The number of fused-ring (bicyclic) bond motifs is 1. The van der Waals surface area contributed by atoms with Gasteiger partial charge in [0.25, 0.3) is 0 Å². The molecule has 0 bridgehead atoms. The molecule has 1 N–H and O–H groups in total. The first-order valence-electron chi connectivity index (χ1n) is 6.38. The summed E-state index contributed by atoms with van der Waals surface area (Å²) in [5.41, 5.74) is 1.23. The third kappa shape index (κ3) is 1.97. The van der Waals surface area contributed by atoms with Gasteiger partial charge in [-0.25, -0.2) is 4.21 Å². The van der Waals surface area contributed by atoms with Crippen molar-refractivity contribution in [1.82, 2.24) is 14.7 Å². The largest absolute Gasteiger partial charge is 0.294 e. The minimum atomic E-state index is -2.31. The molecule has 1 saturated heterocycles. The lowest BCUT2D eigenvalue weighted by molar-refractivity contribution is 0.136. The molecule has 1 spiro atoms. The Hall–Kier alpha value is -0.880. The lowest BCUT2D eigenvalue weighted by atomic mass is 9.91. The van der Waals surface area contributed by atoms with E-state index in [9.17, 15) is 4.21 Å². The van der Waals surface area contributed by atoms with Crippen molar-refractivity contribution in [2.45, 2.75) is 33.0 Å². The quantitative estimate of drug-likeness (QED) is 0.831. The van der Waals surface area contributed by atoms with Crippen LogP contribution in [0.1, 0.15) is 19.5 Å². The Morgan fingerprint density at radius 1 is 1.44 bits per heavy atom. The predicted molar refractivity (Wildman–Crippen MR) is 70.8 cm³/mol. The Bertz CT molecular complexity index is 548. The highest BCUT2D eigenvalue weighted by atomic mass is 32.2. The average Bonchev–Trinajstić information content (AvgIpc) is 2.55. The van der Waals surface area contributed by atoms with Crippen molar-refractivity contribution in [3.63, 3.8) is 0 Å². The van der Waals surface area contributed by atoms with Crippen LogP contribution in [0.5, 0.6) is 0 Å². The van der Waals surface area contributed by atoms with Crippen LogP contribution in [0.3, 0.4) is 0 Å². The van der Waals surface area contributed by atoms with Crippen molar-refractivity contribution >= 4 is 9.73 Å². The van der Waals surface area contributed by atoms with E-state index in [-0.39, 0.29) is 5.41 Å². The van der Waals surface area contributed by atoms with Gasteiger partial charge < -0.3 is 0 Å². The number of aromatic nitrogens is 2. The standard InChI is InChI=1S/C12H20N4OS/c1-10(2)15-5-11-3-4-14-16(11)7-12(6-15)8-18(13,17)9-12/h3-4,10,13H,5-9H2,1-2H3. The highest BCUT2D eigenvalue weighted by molar-refractivity contribution is 7.93. The molecular formula is C12H20N4OS. The molecular weight excluding hydrogens is 248 g/mol. The summed E-state index contributed by atoms with van der Waals surface area (Å²) in [7, 11) is -2.31. The molecule has 1 fully saturated rings. The van der Waals surface area contributed by atoms with Gasteiger partial charge in [0.2, 0.25) is 0 Å². The number of rotatable bonds is 1. The second-order valence-corrected chi connectivity index (χ2v) is 8.28. The number of hydrogen-bond acceptors (Lipinski definition) is 4. The molecule has 2 aliphatic rings. The first-order valence-corrected chi connectivity index (χ1v) is 8.28. The maximum atomic E-state index is 11.8. The van der Waals surface area contributed by atoms with Crippen LogP contribution < -0.4 is 0 Å². The molecule has 1 aromatic heterocycles. The summed E-state index contributed by atoms with van der Waals surface area (Å²) < 4.78 is 21.5. The Morgan fingerprint density at radius 3 is 2.78 bits per heavy atom. The number of hydrogen-bond donors (Lipinski definition) is 1. The van der Waals surface area contributed by atoms with Gasteiger partial charge in [0.15, 0.2) is 0 Å². The zero-order chi connectivity index (χ0) is 13.0. The molecule has 0 radical (unpaired) electrons. The fourth-order valence-electron chi connectivity index (χ4n) is 3.19. The molecule has 0 aliphatic carbocycles. The predicted octanol–water partition coefficient (Wildman–Crippen LogP) is 1.15. The van der Waals surface area contributed by atoms with E-state index in [4.69, 9.17) is 4.78 Å². The first-order chi connectivity index (χ1) is 8.39. The monoisotopic (exact) mass is 268 g/mol. The SMILES string of the molecule is CC(C)N1Cc2ccnn2CC2(C1)CS(=N)(=O)C2. The Kier molecular flexibility index (Phi) is 2.57. The molecule has 0 unspecified atom stereocenters. The highest BCUT2D eigenvalue weighted by Crippen LogP contribution is 2.38. The van der Waals surface area contributed by atoms with E-state index in [1.165, 1.54) is 5.69 Å². The average molecular weight is 268 g/mol. The van der Waals surface area contributed by atoms with Crippen LogP contribution in [-0.4, -0.2) is 43.0 Å². The summed E-state index contributed by atoms with van der Waals surface area (Å²) >= 11 is 0. The molecule has 100 valence electrons. The normalized spacial score (nSPS) is 36.4. The third-order valence-electron chi connectivity index (χ3n) is 4.00. The Labute approximate surface area is 108 Å². The zero-order valence-electron chi connectivity index (χ0n) is 10.9. The fourth-order valence-corrected chi connectivity index (χ4v) is 5.45. The maximum Gasteiger partial charge on any atom is 0.0524 e. The zero-order valence-corrected chi connectivity index (χ0v) is 11.7. The Morgan fingerprint density at radius 2 is 2.17 bits per heavy atom. The minimum absolute atomic E-state index is 0.000370. The molecule has 3 rings (SSSR count). The number of nitrogens with one attached hydrogen (secondary N) is 1. The second-order valence-electron chi connectivity index (χ2n) is 6.08. The van der Waals surface area contributed by atoms with Crippen LogP contribution in [0.2, 0.25) is 0 Å². The van der Waals surface area contributed by atoms with Gasteiger partial charge in [-0.15, -0.1) is 0 Å². The molecule has 18 heavy (non-hydrogen) atoms. The summed E-state index contributed by atoms with van der Waals surface area (Å²) in [5.74, 6) is 1.06. The van der Waals surface area contributed by atoms with Crippen molar-refractivity contribution < 1.29 is 4.21 Å². The van der Waals surface area contributed by atoms with Crippen LogP contribution in [0.25, 0.3) is 0 Å². The molecule has 0 saturated carbocycles. The molecule has 0 amide bonds. The lowest BCUT2D eigenvalue weighted by Gasteiger charge is -2.45. The summed E-state index contributed by atoms with van der Waals surface area (Å²) in [6.45, 7) is 7.03. The van der Waals surface area contributed by atoms with Gasteiger partial charge in [-0.05, 0) is 19.9 Å². The van der Waals surface area contributed by atoms with Gasteiger partial charge in [0.1, 0.15) is 0 Å². The Balaban J connectivity index is 1.94. The van der Waals surface area contributed by atoms with Crippen molar-refractivity contribution in [2.24, 2.45) is 5.41 Å². The molecule has 6 heteroatoms. The van der Waals surface area contributed by atoms with E-state index in [2.05, 4.69) is 29.9 Å². The van der Waals surface area contributed by atoms with Crippen LogP contribution in [-0.2, 0) is 22.8 Å². The fraction of sp³-hybridized carbons (Fsp3) is 0.750. The summed E-state index contributed by atoms with van der Waals surface area (Å²) in [4.78, 5) is 2.41. The van der Waals surface area contributed by atoms with Gasteiger partial charge in [0.05, 0.1) is 5.69 Å². The highest BCUT2D eigenvalue weighted by Gasteiger charge is 2.49. The van der Waals surface area contributed by atoms with Gasteiger partial charge in [0, 0.05) is 58.5 Å². The second kappa shape index (κ2) is 3.81. The molecule has 1 aromatic rings. The van der Waals surface area contributed by atoms with Crippen LogP contribution >= 0.6 is 0 Å². The minimum Gasteiger partial charge on any atom is -0.294 e. The first kappa shape index (κ1) is 12.2. The molecule has 5 nitrogen and oxygen atoms in total.